The van der Waals surface area contributed by atoms with E-state index in [0.717, 1.165) is 36.2 Å². The van der Waals surface area contributed by atoms with Crippen molar-refractivity contribution in [2.75, 3.05) is 6.26 Å². The van der Waals surface area contributed by atoms with E-state index in [9.17, 15) is 8.42 Å². The molecule has 5 heteroatoms. The van der Waals surface area contributed by atoms with Gasteiger partial charge in [0.05, 0.1) is 22.3 Å². The lowest BCUT2D eigenvalue weighted by molar-refractivity contribution is 0.332. The quantitative estimate of drug-likeness (QED) is 0.765. The maximum atomic E-state index is 11.7. The molecule has 0 N–H and O–H groups in total. The van der Waals surface area contributed by atoms with Gasteiger partial charge in [-0.15, -0.1) is 0 Å². The van der Waals surface area contributed by atoms with Crippen molar-refractivity contribution < 1.29 is 8.42 Å². The molecule has 4 nitrogen and oxygen atoms in total. The smallest absolute Gasteiger partial charge is 0.175 e. The minimum Gasteiger partial charge on any atom is -0.261 e. The monoisotopic (exact) mass is 358 g/mol. The number of aromatic nitrogens is 2. The van der Waals surface area contributed by atoms with Crippen molar-refractivity contribution in [3.8, 4) is 11.3 Å². The molecule has 0 aliphatic heterocycles. The Morgan fingerprint density at radius 1 is 1.16 bits per heavy atom. The maximum absolute atomic E-state index is 11.7. The third kappa shape index (κ3) is 4.21. The molecule has 25 heavy (non-hydrogen) atoms. The van der Waals surface area contributed by atoms with E-state index in [2.05, 4.69) is 29.8 Å². The second-order valence-electron chi connectivity index (χ2n) is 6.80. The Morgan fingerprint density at radius 2 is 1.84 bits per heavy atom. The highest BCUT2D eigenvalue weighted by atomic mass is 32.2. The van der Waals surface area contributed by atoms with E-state index in [-0.39, 0.29) is 0 Å². The standard InChI is InChI=1S/C20H26N2O2S/c1-3-4-8-17-15-20(22(21-17)18-9-6-5-7-10-18)16-11-13-19(14-12-16)25(2,23)24/h4,8,11-15,18H,3,5-7,9-10H2,1-2H3/b8-4+. The first-order valence-corrected chi connectivity index (χ1v) is 10.9. The Kier molecular flexibility index (Phi) is 5.42. The van der Waals surface area contributed by atoms with Crippen LogP contribution in [0.1, 0.15) is 57.2 Å². The average molecular weight is 359 g/mol. The second kappa shape index (κ2) is 7.56. The Morgan fingerprint density at radius 3 is 2.44 bits per heavy atom. The summed E-state index contributed by atoms with van der Waals surface area (Å²) in [6.07, 6.45) is 12.5. The van der Waals surface area contributed by atoms with Gasteiger partial charge in [-0.25, -0.2) is 8.42 Å². The molecule has 0 amide bonds. The van der Waals surface area contributed by atoms with Crippen LogP contribution < -0.4 is 0 Å². The van der Waals surface area contributed by atoms with Crippen LogP contribution in [-0.2, 0) is 9.84 Å². The highest BCUT2D eigenvalue weighted by molar-refractivity contribution is 7.90. The molecule has 0 atom stereocenters. The molecule has 1 fully saturated rings. The van der Waals surface area contributed by atoms with E-state index in [1.807, 2.05) is 12.1 Å². The van der Waals surface area contributed by atoms with Gasteiger partial charge in [-0.05, 0) is 49.1 Å². The summed E-state index contributed by atoms with van der Waals surface area (Å²) in [4.78, 5) is 0.353. The zero-order chi connectivity index (χ0) is 17.9. The van der Waals surface area contributed by atoms with Gasteiger partial charge in [0.1, 0.15) is 0 Å². The van der Waals surface area contributed by atoms with Crippen molar-refractivity contribution in [2.45, 2.75) is 56.4 Å². The predicted octanol–water partition coefficient (Wildman–Crippen LogP) is 4.88. The molecule has 0 bridgehead atoms. The van der Waals surface area contributed by atoms with Crippen molar-refractivity contribution in [1.29, 1.82) is 0 Å². The van der Waals surface area contributed by atoms with Crippen LogP contribution in [-0.4, -0.2) is 24.5 Å². The Bertz CT molecular complexity index is 842. The summed E-state index contributed by atoms with van der Waals surface area (Å²) < 4.78 is 25.5. The number of sulfone groups is 1. The highest BCUT2D eigenvalue weighted by Gasteiger charge is 2.20. The third-order valence-corrected chi connectivity index (χ3v) is 5.91. The third-order valence-electron chi connectivity index (χ3n) is 4.78. The Labute approximate surface area is 150 Å². The molecule has 1 aromatic carbocycles. The molecule has 1 aromatic heterocycles. The molecule has 0 saturated heterocycles. The zero-order valence-electron chi connectivity index (χ0n) is 15.0. The van der Waals surface area contributed by atoms with Crippen molar-refractivity contribution in [3.63, 3.8) is 0 Å². The van der Waals surface area contributed by atoms with Gasteiger partial charge < -0.3 is 0 Å². The van der Waals surface area contributed by atoms with Crippen molar-refractivity contribution in [1.82, 2.24) is 9.78 Å². The molecule has 2 aromatic rings. The first kappa shape index (κ1) is 17.9. The van der Waals surface area contributed by atoms with Gasteiger partial charge in [0.15, 0.2) is 9.84 Å². The summed E-state index contributed by atoms with van der Waals surface area (Å²) in [5.74, 6) is 0. The van der Waals surface area contributed by atoms with Crippen molar-refractivity contribution in [3.05, 3.63) is 42.1 Å². The van der Waals surface area contributed by atoms with Crippen molar-refractivity contribution >= 4 is 15.9 Å². The minimum absolute atomic E-state index is 0.353. The summed E-state index contributed by atoms with van der Waals surface area (Å²) in [5.41, 5.74) is 3.05. The Hall–Kier alpha value is -1.88. The minimum atomic E-state index is -3.17. The van der Waals surface area contributed by atoms with Crippen LogP contribution in [0.3, 0.4) is 0 Å². The lowest BCUT2D eigenvalue weighted by atomic mass is 9.95. The van der Waals surface area contributed by atoms with E-state index in [4.69, 9.17) is 5.10 Å². The summed E-state index contributed by atoms with van der Waals surface area (Å²) in [6.45, 7) is 2.11. The fourth-order valence-corrected chi connectivity index (χ4v) is 4.06. The van der Waals surface area contributed by atoms with Crippen LogP contribution in [0, 0.1) is 0 Å². The van der Waals surface area contributed by atoms with Crippen LogP contribution in [0.4, 0.5) is 0 Å². The summed E-state index contributed by atoms with van der Waals surface area (Å²) in [5, 5.41) is 4.83. The highest BCUT2D eigenvalue weighted by Crippen LogP contribution is 2.33. The number of hydrogen-bond donors (Lipinski definition) is 0. The Balaban J connectivity index is 2.00. The van der Waals surface area contributed by atoms with E-state index < -0.39 is 9.84 Å². The van der Waals surface area contributed by atoms with Gasteiger partial charge >= 0.3 is 0 Å². The summed E-state index contributed by atoms with van der Waals surface area (Å²) in [6, 6.07) is 9.69. The number of hydrogen-bond acceptors (Lipinski definition) is 3. The van der Waals surface area contributed by atoms with Gasteiger partial charge in [0, 0.05) is 6.26 Å². The van der Waals surface area contributed by atoms with Gasteiger partial charge in [0.2, 0.25) is 0 Å². The fourth-order valence-electron chi connectivity index (χ4n) is 3.43. The molecule has 1 aliphatic carbocycles. The molecule has 0 spiro atoms. The zero-order valence-corrected chi connectivity index (χ0v) is 15.8. The van der Waals surface area contributed by atoms with Crippen LogP contribution >= 0.6 is 0 Å². The lowest BCUT2D eigenvalue weighted by Gasteiger charge is -2.24. The van der Waals surface area contributed by atoms with Gasteiger partial charge in [-0.2, -0.15) is 5.10 Å². The largest absolute Gasteiger partial charge is 0.261 e. The first-order chi connectivity index (χ1) is 12.0. The number of rotatable bonds is 5. The van der Waals surface area contributed by atoms with Crippen LogP contribution in [0.2, 0.25) is 0 Å². The molecule has 0 unspecified atom stereocenters. The molecule has 1 aliphatic rings. The SMILES string of the molecule is CC/C=C/c1cc(-c2ccc(S(C)(=O)=O)cc2)n(C2CCCCC2)n1. The predicted molar refractivity (Wildman–Crippen MR) is 102 cm³/mol. The molecular formula is C20H26N2O2S. The van der Waals surface area contributed by atoms with Gasteiger partial charge in [-0.1, -0.05) is 44.4 Å². The van der Waals surface area contributed by atoms with E-state index >= 15 is 0 Å². The van der Waals surface area contributed by atoms with Crippen LogP contribution in [0.5, 0.6) is 0 Å². The van der Waals surface area contributed by atoms with Crippen LogP contribution in [0.25, 0.3) is 17.3 Å². The van der Waals surface area contributed by atoms with Crippen molar-refractivity contribution in [2.24, 2.45) is 0 Å². The molecule has 1 saturated carbocycles. The topological polar surface area (TPSA) is 52.0 Å². The average Bonchev–Trinajstić information content (AvgIpc) is 3.04. The summed E-state index contributed by atoms with van der Waals surface area (Å²) >= 11 is 0. The number of allylic oxidation sites excluding steroid dienone is 1. The van der Waals surface area contributed by atoms with E-state index in [1.165, 1.54) is 25.5 Å². The molecule has 134 valence electrons. The van der Waals surface area contributed by atoms with Crippen LogP contribution in [0.15, 0.2) is 41.3 Å². The van der Waals surface area contributed by atoms with E-state index in [0.29, 0.717) is 10.9 Å². The second-order valence-corrected chi connectivity index (χ2v) is 8.81. The fraction of sp³-hybridized carbons (Fsp3) is 0.450. The van der Waals surface area contributed by atoms with E-state index in [1.54, 1.807) is 12.1 Å². The molecular weight excluding hydrogens is 332 g/mol. The van der Waals surface area contributed by atoms with Gasteiger partial charge in [-0.3, -0.25) is 4.68 Å². The lowest BCUT2D eigenvalue weighted by Crippen LogP contribution is -2.15. The number of benzene rings is 1. The normalized spacial score (nSPS) is 16.6. The maximum Gasteiger partial charge on any atom is 0.175 e. The summed E-state index contributed by atoms with van der Waals surface area (Å²) in [7, 11) is -3.17. The molecule has 1 heterocycles. The number of nitrogens with zero attached hydrogens (tertiary/aromatic N) is 2. The van der Waals surface area contributed by atoms with Gasteiger partial charge in [0.25, 0.3) is 0 Å². The molecule has 3 rings (SSSR count). The molecule has 0 radical (unpaired) electrons. The first-order valence-electron chi connectivity index (χ1n) is 9.05.